The highest BCUT2D eigenvalue weighted by Crippen LogP contribution is 2.17. The van der Waals surface area contributed by atoms with Crippen LogP contribution < -0.4 is 10.6 Å². The molecular formula is C19H29FN4O2. The van der Waals surface area contributed by atoms with Crippen LogP contribution in [0.5, 0.6) is 0 Å². The Morgan fingerprint density at radius 1 is 1.35 bits per heavy atom. The second-order valence-corrected chi connectivity index (χ2v) is 6.26. The molecule has 1 unspecified atom stereocenters. The second kappa shape index (κ2) is 10.8. The Bertz CT molecular complexity index is 592. The molecule has 0 bridgehead atoms. The van der Waals surface area contributed by atoms with Crippen molar-refractivity contribution in [3.8, 4) is 0 Å². The number of rotatable bonds is 9. The SMILES string of the molecule is CCNC(=NCC(OC)c1ccc(F)cc1)NCCCN1CCCC1=O. The molecule has 0 aromatic heterocycles. The van der Waals surface area contributed by atoms with Crippen LogP contribution in [-0.4, -0.2) is 56.6 Å². The highest BCUT2D eigenvalue weighted by molar-refractivity contribution is 5.79. The third kappa shape index (κ3) is 6.29. The van der Waals surface area contributed by atoms with Gasteiger partial charge >= 0.3 is 0 Å². The number of halogens is 1. The normalized spacial score (nSPS) is 16.0. The van der Waals surface area contributed by atoms with Crippen molar-refractivity contribution in [3.05, 3.63) is 35.6 Å². The van der Waals surface area contributed by atoms with Gasteiger partial charge in [0.05, 0.1) is 6.54 Å². The van der Waals surface area contributed by atoms with Crippen LogP contribution in [0.4, 0.5) is 4.39 Å². The minimum absolute atomic E-state index is 0.228. The fourth-order valence-corrected chi connectivity index (χ4v) is 2.93. The number of guanidine groups is 1. The Morgan fingerprint density at radius 3 is 2.73 bits per heavy atom. The molecule has 26 heavy (non-hydrogen) atoms. The van der Waals surface area contributed by atoms with Gasteiger partial charge in [-0.05, 0) is 37.5 Å². The van der Waals surface area contributed by atoms with E-state index in [0.29, 0.717) is 18.9 Å². The van der Waals surface area contributed by atoms with E-state index in [1.807, 2.05) is 11.8 Å². The number of likely N-dealkylation sites (tertiary alicyclic amines) is 1. The highest BCUT2D eigenvalue weighted by atomic mass is 19.1. The van der Waals surface area contributed by atoms with Crippen LogP contribution >= 0.6 is 0 Å². The van der Waals surface area contributed by atoms with Crippen molar-refractivity contribution in [3.63, 3.8) is 0 Å². The minimum Gasteiger partial charge on any atom is -0.375 e. The van der Waals surface area contributed by atoms with Crippen LogP contribution in [0.25, 0.3) is 0 Å². The lowest BCUT2D eigenvalue weighted by Crippen LogP contribution is -2.39. The lowest BCUT2D eigenvalue weighted by atomic mass is 10.1. The largest absolute Gasteiger partial charge is 0.375 e. The summed E-state index contributed by atoms with van der Waals surface area (Å²) < 4.78 is 18.5. The number of hydrogen-bond donors (Lipinski definition) is 2. The third-order valence-corrected chi connectivity index (χ3v) is 4.35. The predicted molar refractivity (Wildman–Crippen MR) is 101 cm³/mol. The number of hydrogen-bond acceptors (Lipinski definition) is 3. The van der Waals surface area contributed by atoms with E-state index in [1.54, 1.807) is 19.2 Å². The molecule has 1 atom stereocenters. The van der Waals surface area contributed by atoms with Gasteiger partial charge in [-0.1, -0.05) is 12.1 Å². The number of methoxy groups -OCH3 is 1. The molecule has 0 saturated carbocycles. The van der Waals surface area contributed by atoms with Crippen LogP contribution in [0.1, 0.15) is 37.9 Å². The Labute approximate surface area is 154 Å². The highest BCUT2D eigenvalue weighted by Gasteiger charge is 2.19. The topological polar surface area (TPSA) is 66.0 Å². The molecule has 144 valence electrons. The van der Waals surface area contributed by atoms with Crippen LogP contribution in [0.3, 0.4) is 0 Å². The first-order valence-corrected chi connectivity index (χ1v) is 9.22. The zero-order valence-corrected chi connectivity index (χ0v) is 15.6. The minimum atomic E-state index is -0.265. The number of ether oxygens (including phenoxy) is 1. The third-order valence-electron chi connectivity index (χ3n) is 4.35. The first-order chi connectivity index (χ1) is 12.6. The molecule has 1 aliphatic heterocycles. The molecule has 1 aromatic carbocycles. The van der Waals surface area contributed by atoms with Crippen molar-refractivity contribution in [2.45, 2.75) is 32.3 Å². The molecule has 0 radical (unpaired) electrons. The van der Waals surface area contributed by atoms with Gasteiger partial charge in [-0.25, -0.2) is 4.39 Å². The van der Waals surface area contributed by atoms with Gasteiger partial charge in [-0.15, -0.1) is 0 Å². The van der Waals surface area contributed by atoms with E-state index in [1.165, 1.54) is 12.1 Å². The van der Waals surface area contributed by atoms with Crippen molar-refractivity contribution >= 4 is 11.9 Å². The molecule has 2 rings (SSSR count). The van der Waals surface area contributed by atoms with Crippen molar-refractivity contribution in [1.29, 1.82) is 0 Å². The zero-order chi connectivity index (χ0) is 18.8. The lowest BCUT2D eigenvalue weighted by Gasteiger charge is -2.17. The molecule has 6 nitrogen and oxygen atoms in total. The summed E-state index contributed by atoms with van der Waals surface area (Å²) in [6.45, 7) is 5.59. The molecule has 1 aliphatic rings. The first kappa shape index (κ1) is 20.2. The summed E-state index contributed by atoms with van der Waals surface area (Å²) in [7, 11) is 1.62. The molecule has 1 fully saturated rings. The quantitative estimate of drug-likeness (QED) is 0.400. The van der Waals surface area contributed by atoms with Gasteiger partial charge in [0.15, 0.2) is 5.96 Å². The Morgan fingerprint density at radius 2 is 2.12 bits per heavy atom. The summed E-state index contributed by atoms with van der Waals surface area (Å²) in [4.78, 5) is 18.1. The van der Waals surface area contributed by atoms with Crippen LogP contribution in [0.2, 0.25) is 0 Å². The van der Waals surface area contributed by atoms with Gasteiger partial charge < -0.3 is 20.3 Å². The summed E-state index contributed by atoms with van der Waals surface area (Å²) in [5.41, 5.74) is 0.890. The molecule has 1 aromatic rings. The van der Waals surface area contributed by atoms with E-state index in [-0.39, 0.29) is 17.8 Å². The zero-order valence-electron chi connectivity index (χ0n) is 15.6. The standard InChI is InChI=1S/C19H29FN4O2/c1-3-21-19(22-11-5-13-24-12-4-6-18(24)25)23-14-17(26-2)15-7-9-16(20)10-8-15/h7-10,17H,3-6,11-14H2,1-2H3,(H2,21,22,23). The van der Waals surface area contributed by atoms with E-state index in [2.05, 4.69) is 15.6 Å². The average Bonchev–Trinajstić information content (AvgIpc) is 3.05. The average molecular weight is 364 g/mol. The second-order valence-electron chi connectivity index (χ2n) is 6.26. The number of benzene rings is 1. The molecule has 0 aliphatic carbocycles. The molecule has 1 heterocycles. The number of nitrogens with zero attached hydrogens (tertiary/aromatic N) is 2. The van der Waals surface area contributed by atoms with Gasteiger partial charge in [-0.3, -0.25) is 9.79 Å². The lowest BCUT2D eigenvalue weighted by molar-refractivity contribution is -0.127. The van der Waals surface area contributed by atoms with Crippen LogP contribution in [-0.2, 0) is 9.53 Å². The summed E-state index contributed by atoms with van der Waals surface area (Å²) in [5, 5.41) is 6.49. The number of carbonyl (C=O) groups is 1. The van der Waals surface area contributed by atoms with Crippen molar-refractivity contribution < 1.29 is 13.9 Å². The number of nitrogens with one attached hydrogen (secondary N) is 2. The maximum absolute atomic E-state index is 13.1. The molecule has 1 saturated heterocycles. The summed E-state index contributed by atoms with van der Waals surface area (Å²) >= 11 is 0. The summed E-state index contributed by atoms with van der Waals surface area (Å²) in [5.74, 6) is 0.704. The first-order valence-electron chi connectivity index (χ1n) is 9.22. The fraction of sp³-hybridized carbons (Fsp3) is 0.579. The molecule has 1 amide bonds. The molecular weight excluding hydrogens is 335 g/mol. The van der Waals surface area contributed by atoms with E-state index >= 15 is 0 Å². The van der Waals surface area contributed by atoms with Gasteiger partial charge in [-0.2, -0.15) is 0 Å². The Kier molecular flexibility index (Phi) is 8.34. The molecule has 0 spiro atoms. The Balaban J connectivity index is 1.82. The van der Waals surface area contributed by atoms with E-state index in [9.17, 15) is 9.18 Å². The van der Waals surface area contributed by atoms with Gasteiger partial charge in [0.2, 0.25) is 5.91 Å². The van der Waals surface area contributed by atoms with Crippen molar-refractivity contribution in [1.82, 2.24) is 15.5 Å². The Hall–Kier alpha value is -2.15. The van der Waals surface area contributed by atoms with Gasteiger partial charge in [0.25, 0.3) is 0 Å². The molecule has 2 N–H and O–H groups in total. The summed E-state index contributed by atoms with van der Waals surface area (Å²) in [6, 6.07) is 6.28. The summed E-state index contributed by atoms with van der Waals surface area (Å²) in [6.07, 6.45) is 2.30. The van der Waals surface area contributed by atoms with Gasteiger partial charge in [0, 0.05) is 39.7 Å². The van der Waals surface area contributed by atoms with Crippen molar-refractivity contribution in [2.75, 3.05) is 39.8 Å². The number of carbonyl (C=O) groups excluding carboxylic acids is 1. The van der Waals surface area contributed by atoms with Crippen LogP contribution in [0, 0.1) is 5.82 Å². The van der Waals surface area contributed by atoms with E-state index in [4.69, 9.17) is 4.74 Å². The maximum atomic E-state index is 13.1. The number of aliphatic imine (C=N–C) groups is 1. The van der Waals surface area contributed by atoms with Crippen molar-refractivity contribution in [2.24, 2.45) is 4.99 Å². The maximum Gasteiger partial charge on any atom is 0.222 e. The smallest absolute Gasteiger partial charge is 0.222 e. The molecule has 7 heteroatoms. The van der Waals surface area contributed by atoms with Crippen LogP contribution in [0.15, 0.2) is 29.3 Å². The number of amides is 1. The predicted octanol–water partition coefficient (Wildman–Crippen LogP) is 2.08. The van der Waals surface area contributed by atoms with Gasteiger partial charge in [0.1, 0.15) is 11.9 Å². The monoisotopic (exact) mass is 364 g/mol. The fourth-order valence-electron chi connectivity index (χ4n) is 2.93. The van der Waals surface area contributed by atoms with E-state index in [0.717, 1.165) is 44.6 Å². The van der Waals surface area contributed by atoms with E-state index < -0.39 is 0 Å².